The molecule has 0 aliphatic rings. The van der Waals surface area contributed by atoms with E-state index in [2.05, 4.69) is 10.6 Å². The van der Waals surface area contributed by atoms with Crippen LogP contribution in [0.15, 0.2) is 42.5 Å². The van der Waals surface area contributed by atoms with Gasteiger partial charge in [-0.05, 0) is 30.7 Å². The summed E-state index contributed by atoms with van der Waals surface area (Å²) in [6.45, 7) is 2.28. The van der Waals surface area contributed by atoms with Crippen molar-refractivity contribution in [2.75, 3.05) is 0 Å². The molecule has 2 rings (SSSR count). The first-order valence-electron chi connectivity index (χ1n) is 8.62. The summed E-state index contributed by atoms with van der Waals surface area (Å²) in [5.74, 6) is -3.45. The number of primary amides is 1. The van der Waals surface area contributed by atoms with E-state index in [0.29, 0.717) is 6.54 Å². The van der Waals surface area contributed by atoms with Gasteiger partial charge in [0.25, 0.3) is 11.8 Å². The predicted octanol–water partition coefficient (Wildman–Crippen LogP) is 1.64. The van der Waals surface area contributed by atoms with Crippen LogP contribution in [-0.4, -0.2) is 34.8 Å². The molecule has 0 fully saturated rings. The maximum atomic E-state index is 12.3. The van der Waals surface area contributed by atoms with Crippen LogP contribution in [0.25, 0.3) is 0 Å². The van der Waals surface area contributed by atoms with Gasteiger partial charge in [0.1, 0.15) is 6.04 Å². The lowest BCUT2D eigenvalue weighted by molar-refractivity contribution is -0.140. The number of nitrogens with one attached hydrogen (secondary N) is 2. The molecule has 152 valence electrons. The van der Waals surface area contributed by atoms with Crippen molar-refractivity contribution in [3.05, 3.63) is 69.7 Å². The third kappa shape index (κ3) is 6.32. The van der Waals surface area contributed by atoms with Crippen LogP contribution in [0.1, 0.15) is 38.3 Å². The van der Waals surface area contributed by atoms with E-state index in [1.165, 1.54) is 18.2 Å². The van der Waals surface area contributed by atoms with E-state index in [4.69, 9.17) is 22.4 Å². The second-order valence-electron chi connectivity index (χ2n) is 6.40. The summed E-state index contributed by atoms with van der Waals surface area (Å²) >= 11 is 6.10. The zero-order valence-corrected chi connectivity index (χ0v) is 16.3. The summed E-state index contributed by atoms with van der Waals surface area (Å²) in [6.07, 6.45) is -0.557. The highest BCUT2D eigenvalue weighted by atomic mass is 35.5. The molecule has 0 heterocycles. The van der Waals surface area contributed by atoms with E-state index in [9.17, 15) is 19.2 Å². The number of amides is 3. The number of carboxylic acid groups (broad SMARTS) is 1. The SMILES string of the molecule is Cc1cccc(CNC(=O)c2ccc(C(=O)NC(CC(N)=O)C(=O)O)c(Cl)c2)c1. The van der Waals surface area contributed by atoms with Gasteiger partial charge < -0.3 is 21.5 Å². The Labute approximate surface area is 172 Å². The Kier molecular flexibility index (Phi) is 7.33. The lowest BCUT2D eigenvalue weighted by Gasteiger charge is -2.14. The Morgan fingerprint density at radius 1 is 1.10 bits per heavy atom. The maximum absolute atomic E-state index is 12.3. The van der Waals surface area contributed by atoms with Gasteiger partial charge in [0.2, 0.25) is 5.91 Å². The summed E-state index contributed by atoms with van der Waals surface area (Å²) in [5, 5.41) is 14.0. The van der Waals surface area contributed by atoms with Gasteiger partial charge in [-0.3, -0.25) is 14.4 Å². The highest BCUT2D eigenvalue weighted by Crippen LogP contribution is 2.18. The molecule has 8 nitrogen and oxygen atoms in total. The summed E-state index contributed by atoms with van der Waals surface area (Å²) in [5.41, 5.74) is 7.21. The van der Waals surface area contributed by atoms with Crippen molar-refractivity contribution in [3.8, 4) is 0 Å². The Hall–Kier alpha value is -3.39. The number of hydrogen-bond acceptors (Lipinski definition) is 4. The van der Waals surface area contributed by atoms with Crippen LogP contribution in [-0.2, 0) is 16.1 Å². The third-order valence-electron chi connectivity index (χ3n) is 4.02. The number of carbonyl (C=O) groups excluding carboxylic acids is 3. The van der Waals surface area contributed by atoms with E-state index in [1.54, 1.807) is 0 Å². The van der Waals surface area contributed by atoms with E-state index in [0.717, 1.165) is 11.1 Å². The van der Waals surface area contributed by atoms with E-state index < -0.39 is 30.2 Å². The second-order valence-corrected chi connectivity index (χ2v) is 6.81. The van der Waals surface area contributed by atoms with Crippen molar-refractivity contribution in [2.45, 2.75) is 25.9 Å². The molecule has 2 aromatic carbocycles. The van der Waals surface area contributed by atoms with Crippen LogP contribution in [0.3, 0.4) is 0 Å². The fraction of sp³-hybridized carbons (Fsp3) is 0.200. The number of carbonyl (C=O) groups is 4. The Bertz CT molecular complexity index is 961. The molecule has 3 amide bonds. The quantitative estimate of drug-likeness (QED) is 0.517. The van der Waals surface area contributed by atoms with Gasteiger partial charge in [-0.2, -0.15) is 0 Å². The topological polar surface area (TPSA) is 139 Å². The summed E-state index contributed by atoms with van der Waals surface area (Å²) in [6, 6.07) is 10.2. The number of halogens is 1. The standard InChI is InChI=1S/C20H20ClN3O5/c1-11-3-2-4-12(7-11)10-23-18(26)13-5-6-14(15(21)8-13)19(27)24-16(20(28)29)9-17(22)25/h2-8,16H,9-10H2,1H3,(H2,22,25)(H,23,26)(H,24,27)(H,28,29). The predicted molar refractivity (Wildman–Crippen MR) is 107 cm³/mol. The van der Waals surface area contributed by atoms with Crippen LogP contribution in [0.5, 0.6) is 0 Å². The first-order chi connectivity index (χ1) is 13.7. The van der Waals surface area contributed by atoms with Crippen LogP contribution in [0.4, 0.5) is 0 Å². The average molecular weight is 418 g/mol. The Morgan fingerprint density at radius 2 is 1.83 bits per heavy atom. The molecule has 0 saturated heterocycles. The highest BCUT2D eigenvalue weighted by molar-refractivity contribution is 6.34. The molecule has 9 heteroatoms. The first-order valence-corrected chi connectivity index (χ1v) is 9.00. The normalized spacial score (nSPS) is 11.4. The van der Waals surface area contributed by atoms with E-state index in [1.807, 2.05) is 31.2 Å². The number of carboxylic acids is 1. The third-order valence-corrected chi connectivity index (χ3v) is 4.33. The average Bonchev–Trinajstić information content (AvgIpc) is 2.65. The number of aryl methyl sites for hydroxylation is 1. The minimum Gasteiger partial charge on any atom is -0.480 e. The number of aliphatic carboxylic acids is 1. The van der Waals surface area contributed by atoms with Gasteiger partial charge in [0.15, 0.2) is 0 Å². The minimum absolute atomic E-state index is 0.0300. The molecule has 29 heavy (non-hydrogen) atoms. The van der Waals surface area contributed by atoms with Crippen molar-refractivity contribution in [2.24, 2.45) is 5.73 Å². The van der Waals surface area contributed by atoms with Gasteiger partial charge in [-0.25, -0.2) is 4.79 Å². The smallest absolute Gasteiger partial charge is 0.326 e. The molecule has 0 bridgehead atoms. The molecule has 1 atom stereocenters. The van der Waals surface area contributed by atoms with Crippen LogP contribution in [0, 0.1) is 6.92 Å². The lowest BCUT2D eigenvalue weighted by atomic mass is 10.1. The van der Waals surface area contributed by atoms with Crippen molar-refractivity contribution < 1.29 is 24.3 Å². The fourth-order valence-corrected chi connectivity index (χ4v) is 2.85. The number of nitrogens with two attached hydrogens (primary N) is 1. The van der Waals surface area contributed by atoms with Crippen molar-refractivity contribution in [1.29, 1.82) is 0 Å². The summed E-state index contributed by atoms with van der Waals surface area (Å²) in [4.78, 5) is 46.7. The molecule has 0 spiro atoms. The summed E-state index contributed by atoms with van der Waals surface area (Å²) < 4.78 is 0. The zero-order valence-electron chi connectivity index (χ0n) is 15.6. The molecule has 5 N–H and O–H groups in total. The van der Waals surface area contributed by atoms with Gasteiger partial charge in [0.05, 0.1) is 17.0 Å². The second kappa shape index (κ2) is 9.70. The fourth-order valence-electron chi connectivity index (χ4n) is 2.58. The Morgan fingerprint density at radius 3 is 2.41 bits per heavy atom. The number of rotatable bonds is 8. The first kappa shape index (κ1) is 21.9. The molecule has 0 radical (unpaired) electrons. The van der Waals surface area contributed by atoms with Crippen LogP contribution in [0.2, 0.25) is 5.02 Å². The van der Waals surface area contributed by atoms with Crippen LogP contribution >= 0.6 is 11.6 Å². The Balaban J connectivity index is 2.06. The monoisotopic (exact) mass is 417 g/mol. The number of benzene rings is 2. The molecule has 2 aromatic rings. The van der Waals surface area contributed by atoms with Crippen molar-refractivity contribution >= 4 is 35.3 Å². The molecule has 1 unspecified atom stereocenters. The van der Waals surface area contributed by atoms with E-state index >= 15 is 0 Å². The van der Waals surface area contributed by atoms with Gasteiger partial charge >= 0.3 is 5.97 Å². The summed E-state index contributed by atoms with van der Waals surface area (Å²) in [7, 11) is 0. The minimum atomic E-state index is -1.48. The zero-order chi connectivity index (χ0) is 21.6. The molecule has 0 saturated carbocycles. The van der Waals surface area contributed by atoms with Crippen molar-refractivity contribution in [3.63, 3.8) is 0 Å². The van der Waals surface area contributed by atoms with Crippen LogP contribution < -0.4 is 16.4 Å². The maximum Gasteiger partial charge on any atom is 0.326 e. The van der Waals surface area contributed by atoms with Crippen molar-refractivity contribution in [1.82, 2.24) is 10.6 Å². The molecule has 0 aromatic heterocycles. The van der Waals surface area contributed by atoms with E-state index in [-0.39, 0.29) is 22.1 Å². The van der Waals surface area contributed by atoms with Gasteiger partial charge in [-0.1, -0.05) is 41.4 Å². The van der Waals surface area contributed by atoms with Gasteiger partial charge in [-0.15, -0.1) is 0 Å². The molecular weight excluding hydrogens is 398 g/mol. The largest absolute Gasteiger partial charge is 0.480 e. The number of hydrogen-bond donors (Lipinski definition) is 4. The molecular formula is C20H20ClN3O5. The highest BCUT2D eigenvalue weighted by Gasteiger charge is 2.24. The molecule has 0 aliphatic carbocycles. The lowest BCUT2D eigenvalue weighted by Crippen LogP contribution is -2.43. The van der Waals surface area contributed by atoms with Gasteiger partial charge in [0, 0.05) is 12.1 Å². The molecule has 0 aliphatic heterocycles.